The lowest BCUT2D eigenvalue weighted by Gasteiger charge is -2.19. The number of carbonyl (C=O) groups excluding carboxylic acids is 1. The van der Waals surface area contributed by atoms with Gasteiger partial charge in [-0.3, -0.25) is 14.8 Å². The van der Waals surface area contributed by atoms with Gasteiger partial charge in [-0.25, -0.2) is 0 Å². The van der Waals surface area contributed by atoms with Crippen LogP contribution in [0.25, 0.3) is 0 Å². The van der Waals surface area contributed by atoms with Crippen molar-refractivity contribution in [3.63, 3.8) is 0 Å². The van der Waals surface area contributed by atoms with Gasteiger partial charge >= 0.3 is 0 Å². The fraction of sp³-hybridized carbons (Fsp3) is 0.190. The number of nitrogens with one attached hydrogen (secondary N) is 1. The molecule has 0 spiro atoms. The zero-order chi connectivity index (χ0) is 19.1. The highest BCUT2D eigenvalue weighted by Gasteiger charge is 2.10. The number of hydrogen-bond donors (Lipinski definition) is 1. The van der Waals surface area contributed by atoms with Gasteiger partial charge in [0.05, 0.1) is 7.11 Å². The lowest BCUT2D eigenvalue weighted by molar-refractivity contribution is 0.102. The molecular formula is C21H22N4O2. The molecule has 0 bridgehead atoms. The summed E-state index contributed by atoms with van der Waals surface area (Å²) in [5.41, 5.74) is 3.24. The molecule has 0 aliphatic rings. The van der Waals surface area contributed by atoms with Crippen LogP contribution in [-0.4, -0.2) is 36.6 Å². The highest BCUT2D eigenvalue weighted by Crippen LogP contribution is 2.17. The second-order valence-electron chi connectivity index (χ2n) is 6.11. The first-order chi connectivity index (χ1) is 13.2. The molecule has 6 nitrogen and oxygen atoms in total. The summed E-state index contributed by atoms with van der Waals surface area (Å²) in [6.45, 7) is 0.827. The minimum atomic E-state index is -0.246. The van der Waals surface area contributed by atoms with Crippen LogP contribution in [-0.2, 0) is 6.42 Å². The van der Waals surface area contributed by atoms with Gasteiger partial charge in [-0.2, -0.15) is 0 Å². The van der Waals surface area contributed by atoms with Crippen molar-refractivity contribution in [3.8, 4) is 5.75 Å². The summed E-state index contributed by atoms with van der Waals surface area (Å²) in [5, 5.41) is 2.85. The Labute approximate surface area is 158 Å². The summed E-state index contributed by atoms with van der Waals surface area (Å²) in [6, 6.07) is 14.9. The van der Waals surface area contributed by atoms with E-state index in [1.54, 1.807) is 56.0 Å². The number of benzene rings is 1. The molecule has 3 rings (SSSR count). The molecule has 0 atom stereocenters. The van der Waals surface area contributed by atoms with E-state index in [2.05, 4.69) is 20.2 Å². The van der Waals surface area contributed by atoms with Gasteiger partial charge in [0.2, 0.25) is 0 Å². The standard InChI is InChI=1S/C21H22N4O2/c1-25(14-10-16-7-11-22-12-8-16)18-9-13-23-20(15-18)21(26)24-17-3-5-19(27-2)6-4-17/h3-9,11-13,15H,10,14H2,1-2H3,(H,24,26). The molecule has 0 fully saturated rings. The molecule has 6 heteroatoms. The fourth-order valence-electron chi connectivity index (χ4n) is 2.63. The molecule has 2 heterocycles. The summed E-state index contributed by atoms with van der Waals surface area (Å²) in [6.07, 6.45) is 6.14. The Morgan fingerprint density at radius 2 is 1.81 bits per heavy atom. The van der Waals surface area contributed by atoms with Crippen LogP contribution in [0.1, 0.15) is 16.1 Å². The minimum absolute atomic E-state index is 0.246. The largest absolute Gasteiger partial charge is 0.497 e. The van der Waals surface area contributed by atoms with Crippen LogP contribution in [0.5, 0.6) is 5.75 Å². The molecule has 0 aliphatic carbocycles. The van der Waals surface area contributed by atoms with Crippen LogP contribution >= 0.6 is 0 Å². The van der Waals surface area contributed by atoms with Gasteiger partial charge in [0.25, 0.3) is 5.91 Å². The fourth-order valence-corrected chi connectivity index (χ4v) is 2.63. The van der Waals surface area contributed by atoms with Gasteiger partial charge in [-0.1, -0.05) is 0 Å². The molecular weight excluding hydrogens is 340 g/mol. The molecule has 1 amide bonds. The molecule has 2 aromatic heterocycles. The van der Waals surface area contributed by atoms with Crippen molar-refractivity contribution in [1.29, 1.82) is 0 Å². The van der Waals surface area contributed by atoms with E-state index in [1.807, 2.05) is 25.2 Å². The highest BCUT2D eigenvalue weighted by atomic mass is 16.5. The Morgan fingerprint density at radius 3 is 2.52 bits per heavy atom. The smallest absolute Gasteiger partial charge is 0.274 e. The maximum atomic E-state index is 12.5. The lowest BCUT2D eigenvalue weighted by Crippen LogP contribution is -2.21. The number of amides is 1. The van der Waals surface area contributed by atoms with Gasteiger partial charge in [0.15, 0.2) is 0 Å². The number of rotatable bonds is 7. The summed E-state index contributed by atoms with van der Waals surface area (Å²) in [7, 11) is 3.61. The van der Waals surface area contributed by atoms with E-state index in [4.69, 9.17) is 4.74 Å². The van der Waals surface area contributed by atoms with E-state index in [9.17, 15) is 4.79 Å². The van der Waals surface area contributed by atoms with Crippen LogP contribution in [0.2, 0.25) is 0 Å². The Kier molecular flexibility index (Phi) is 5.99. The molecule has 138 valence electrons. The number of aromatic nitrogens is 2. The average Bonchev–Trinajstić information content (AvgIpc) is 2.73. The Bertz CT molecular complexity index is 882. The SMILES string of the molecule is COc1ccc(NC(=O)c2cc(N(C)CCc3ccncc3)ccn2)cc1. The van der Waals surface area contributed by atoms with Crippen molar-refractivity contribution in [2.45, 2.75) is 6.42 Å². The quantitative estimate of drug-likeness (QED) is 0.698. The van der Waals surface area contributed by atoms with Gasteiger partial charge in [0.1, 0.15) is 11.4 Å². The summed E-state index contributed by atoms with van der Waals surface area (Å²) < 4.78 is 5.12. The van der Waals surface area contributed by atoms with E-state index in [-0.39, 0.29) is 5.91 Å². The predicted octanol–water partition coefficient (Wildman–Crippen LogP) is 3.42. The van der Waals surface area contributed by atoms with Crippen molar-refractivity contribution < 1.29 is 9.53 Å². The number of nitrogens with zero attached hydrogens (tertiary/aromatic N) is 3. The Balaban J connectivity index is 1.63. The Morgan fingerprint density at radius 1 is 1.07 bits per heavy atom. The number of likely N-dealkylation sites (N-methyl/N-ethyl adjacent to an activating group) is 1. The second kappa shape index (κ2) is 8.80. The number of carbonyl (C=O) groups is 1. The summed E-state index contributed by atoms with van der Waals surface area (Å²) in [4.78, 5) is 22.8. The van der Waals surface area contributed by atoms with Crippen molar-refractivity contribution >= 4 is 17.3 Å². The first kappa shape index (κ1) is 18.4. The maximum absolute atomic E-state index is 12.5. The second-order valence-corrected chi connectivity index (χ2v) is 6.11. The number of pyridine rings is 2. The molecule has 0 saturated heterocycles. The summed E-state index contributed by atoms with van der Waals surface area (Å²) in [5.74, 6) is 0.494. The van der Waals surface area contributed by atoms with Crippen LogP contribution in [0, 0.1) is 0 Å². The molecule has 0 aliphatic heterocycles. The first-order valence-corrected chi connectivity index (χ1v) is 8.67. The Hall–Kier alpha value is -3.41. The number of methoxy groups -OCH3 is 1. The topological polar surface area (TPSA) is 67.3 Å². The molecule has 0 radical (unpaired) electrons. The monoisotopic (exact) mass is 362 g/mol. The van der Waals surface area contributed by atoms with Crippen LogP contribution in [0.15, 0.2) is 67.1 Å². The maximum Gasteiger partial charge on any atom is 0.274 e. The minimum Gasteiger partial charge on any atom is -0.497 e. The van der Waals surface area contributed by atoms with Gasteiger partial charge < -0.3 is 15.0 Å². The third kappa shape index (κ3) is 5.04. The molecule has 0 saturated carbocycles. The molecule has 27 heavy (non-hydrogen) atoms. The molecule has 3 aromatic rings. The van der Waals surface area contributed by atoms with Crippen LogP contribution in [0.3, 0.4) is 0 Å². The molecule has 1 N–H and O–H groups in total. The zero-order valence-electron chi connectivity index (χ0n) is 15.4. The third-order valence-electron chi connectivity index (χ3n) is 4.25. The summed E-state index contributed by atoms with van der Waals surface area (Å²) >= 11 is 0. The van der Waals surface area contributed by atoms with Crippen LogP contribution < -0.4 is 15.0 Å². The normalized spacial score (nSPS) is 10.3. The van der Waals surface area contributed by atoms with E-state index in [1.165, 1.54) is 5.56 Å². The van der Waals surface area contributed by atoms with Gasteiger partial charge in [-0.05, 0) is 60.5 Å². The average molecular weight is 362 g/mol. The van der Waals surface area contributed by atoms with Gasteiger partial charge in [-0.15, -0.1) is 0 Å². The third-order valence-corrected chi connectivity index (χ3v) is 4.25. The van der Waals surface area contributed by atoms with E-state index in [0.29, 0.717) is 11.4 Å². The van der Waals surface area contributed by atoms with E-state index in [0.717, 1.165) is 24.4 Å². The first-order valence-electron chi connectivity index (χ1n) is 8.67. The number of anilines is 2. The van der Waals surface area contributed by atoms with Crippen molar-refractivity contribution in [2.75, 3.05) is 30.9 Å². The molecule has 1 aromatic carbocycles. The van der Waals surface area contributed by atoms with Crippen molar-refractivity contribution in [1.82, 2.24) is 9.97 Å². The van der Waals surface area contributed by atoms with Gasteiger partial charge in [0, 0.05) is 43.6 Å². The van der Waals surface area contributed by atoms with Crippen LogP contribution in [0.4, 0.5) is 11.4 Å². The van der Waals surface area contributed by atoms with Crippen molar-refractivity contribution in [2.24, 2.45) is 0 Å². The number of hydrogen-bond acceptors (Lipinski definition) is 5. The highest BCUT2D eigenvalue weighted by molar-refractivity contribution is 6.03. The predicted molar refractivity (Wildman–Crippen MR) is 106 cm³/mol. The molecule has 0 unspecified atom stereocenters. The lowest BCUT2D eigenvalue weighted by atomic mass is 10.2. The van der Waals surface area contributed by atoms with E-state index >= 15 is 0 Å². The zero-order valence-corrected chi connectivity index (χ0v) is 15.4. The number of ether oxygens (including phenoxy) is 1. The van der Waals surface area contributed by atoms with E-state index < -0.39 is 0 Å². The van der Waals surface area contributed by atoms with Crippen molar-refractivity contribution in [3.05, 3.63) is 78.4 Å².